The highest BCUT2D eigenvalue weighted by Crippen LogP contribution is 2.34. The normalized spacial score (nSPS) is 10.2. The topological polar surface area (TPSA) is 62.9 Å². The van der Waals surface area contributed by atoms with E-state index in [9.17, 15) is 5.26 Å². The fourth-order valence-electron chi connectivity index (χ4n) is 1.99. The van der Waals surface area contributed by atoms with Crippen molar-refractivity contribution in [1.82, 2.24) is 9.78 Å². The zero-order valence-electron chi connectivity index (χ0n) is 11.8. The molecule has 0 saturated carbocycles. The highest BCUT2D eigenvalue weighted by Gasteiger charge is 2.15. The highest BCUT2D eigenvalue weighted by atomic mass is 35.5. The first kappa shape index (κ1) is 14.2. The van der Waals surface area contributed by atoms with Crippen LogP contribution in [0.2, 0.25) is 5.02 Å². The first-order chi connectivity index (χ1) is 9.47. The van der Waals surface area contributed by atoms with Gasteiger partial charge in [0.1, 0.15) is 23.2 Å². The first-order valence-corrected chi connectivity index (χ1v) is 6.40. The van der Waals surface area contributed by atoms with E-state index in [2.05, 4.69) is 16.5 Å². The number of hydrogen-bond acceptors (Lipinski definition) is 4. The van der Waals surface area contributed by atoms with Crippen molar-refractivity contribution in [3.63, 3.8) is 0 Å². The lowest BCUT2D eigenvalue weighted by Crippen LogP contribution is -2.02. The van der Waals surface area contributed by atoms with Gasteiger partial charge < -0.3 is 10.1 Å². The molecule has 0 radical (unpaired) electrons. The summed E-state index contributed by atoms with van der Waals surface area (Å²) < 4.78 is 6.95. The van der Waals surface area contributed by atoms with E-state index in [0.29, 0.717) is 27.8 Å². The molecule has 2 rings (SSSR count). The summed E-state index contributed by atoms with van der Waals surface area (Å²) in [6.45, 7) is 3.71. The Bertz CT molecular complexity index is 700. The van der Waals surface area contributed by atoms with Crippen LogP contribution in [0.3, 0.4) is 0 Å². The number of halogens is 1. The molecular weight excluding hydrogens is 276 g/mol. The molecule has 5 nitrogen and oxygen atoms in total. The minimum absolute atomic E-state index is 0.516. The summed E-state index contributed by atoms with van der Waals surface area (Å²) in [5, 5.41) is 17.3. The Hall–Kier alpha value is -2.19. The van der Waals surface area contributed by atoms with E-state index in [1.54, 1.807) is 31.8 Å². The number of ether oxygens (including phenoxy) is 1. The molecule has 0 atom stereocenters. The van der Waals surface area contributed by atoms with Crippen LogP contribution in [0.15, 0.2) is 12.1 Å². The van der Waals surface area contributed by atoms with Crippen molar-refractivity contribution in [2.75, 3.05) is 12.4 Å². The van der Waals surface area contributed by atoms with E-state index in [4.69, 9.17) is 16.3 Å². The Labute approximate surface area is 122 Å². The number of benzene rings is 1. The van der Waals surface area contributed by atoms with Crippen LogP contribution in [0, 0.1) is 25.2 Å². The van der Waals surface area contributed by atoms with Crippen LogP contribution in [0.1, 0.15) is 16.8 Å². The Morgan fingerprint density at radius 1 is 1.40 bits per heavy atom. The van der Waals surface area contributed by atoms with Crippen molar-refractivity contribution in [2.24, 2.45) is 7.05 Å². The molecule has 1 aromatic carbocycles. The second-order valence-corrected chi connectivity index (χ2v) is 4.88. The monoisotopic (exact) mass is 290 g/mol. The van der Waals surface area contributed by atoms with Gasteiger partial charge in [-0.1, -0.05) is 11.6 Å². The van der Waals surface area contributed by atoms with E-state index in [1.165, 1.54) is 0 Å². The highest BCUT2D eigenvalue weighted by molar-refractivity contribution is 6.31. The Balaban J connectivity index is 2.50. The van der Waals surface area contributed by atoms with E-state index in [-0.39, 0.29) is 0 Å². The lowest BCUT2D eigenvalue weighted by molar-refractivity contribution is 0.416. The molecule has 0 amide bonds. The standard InChI is InChI=1S/C14H15ClN4O/c1-8-5-12(13(20-4)6-11(8)15)17-14-10(7-16)9(2)18-19(14)3/h5-6,17H,1-4H3. The molecule has 0 saturated heterocycles. The van der Waals surface area contributed by atoms with Crippen LogP contribution in [-0.2, 0) is 7.05 Å². The van der Waals surface area contributed by atoms with Crippen molar-refractivity contribution in [3.05, 3.63) is 34.0 Å². The first-order valence-electron chi connectivity index (χ1n) is 6.02. The van der Waals surface area contributed by atoms with Crippen LogP contribution in [0.5, 0.6) is 5.75 Å². The second kappa shape index (κ2) is 5.43. The second-order valence-electron chi connectivity index (χ2n) is 4.47. The van der Waals surface area contributed by atoms with E-state index in [1.807, 2.05) is 13.0 Å². The molecule has 1 heterocycles. The zero-order valence-corrected chi connectivity index (χ0v) is 12.5. The molecule has 0 spiro atoms. The number of methoxy groups -OCH3 is 1. The minimum Gasteiger partial charge on any atom is -0.495 e. The molecule has 6 heteroatoms. The van der Waals surface area contributed by atoms with Crippen molar-refractivity contribution < 1.29 is 4.74 Å². The van der Waals surface area contributed by atoms with Gasteiger partial charge in [-0.25, -0.2) is 0 Å². The number of anilines is 2. The molecule has 0 aliphatic heterocycles. The average molecular weight is 291 g/mol. The van der Waals surface area contributed by atoms with Crippen molar-refractivity contribution in [2.45, 2.75) is 13.8 Å². The van der Waals surface area contributed by atoms with Gasteiger partial charge in [0.05, 0.1) is 18.5 Å². The van der Waals surface area contributed by atoms with E-state index in [0.717, 1.165) is 11.3 Å². The van der Waals surface area contributed by atoms with Gasteiger partial charge in [-0.2, -0.15) is 10.4 Å². The average Bonchev–Trinajstić information content (AvgIpc) is 2.67. The Kier molecular flexibility index (Phi) is 3.86. The third-order valence-corrected chi connectivity index (χ3v) is 3.48. The summed E-state index contributed by atoms with van der Waals surface area (Å²) in [7, 11) is 3.36. The number of nitrogens with one attached hydrogen (secondary N) is 1. The van der Waals surface area contributed by atoms with Crippen LogP contribution in [0.4, 0.5) is 11.5 Å². The maximum atomic E-state index is 9.22. The number of hydrogen-bond donors (Lipinski definition) is 1. The summed E-state index contributed by atoms with van der Waals surface area (Å²) >= 11 is 6.08. The molecule has 1 N–H and O–H groups in total. The molecule has 0 unspecified atom stereocenters. The smallest absolute Gasteiger partial charge is 0.146 e. The zero-order chi connectivity index (χ0) is 14.9. The number of rotatable bonds is 3. The number of nitriles is 1. The van der Waals surface area contributed by atoms with Gasteiger partial charge in [0.25, 0.3) is 0 Å². The Morgan fingerprint density at radius 3 is 2.70 bits per heavy atom. The number of aryl methyl sites for hydroxylation is 3. The maximum absolute atomic E-state index is 9.22. The summed E-state index contributed by atoms with van der Waals surface area (Å²) in [6.07, 6.45) is 0. The summed E-state index contributed by atoms with van der Waals surface area (Å²) in [6, 6.07) is 5.78. The van der Waals surface area contributed by atoms with Gasteiger partial charge in [-0.05, 0) is 25.5 Å². The van der Waals surface area contributed by atoms with Gasteiger partial charge in [0, 0.05) is 18.1 Å². The lowest BCUT2D eigenvalue weighted by atomic mass is 10.2. The predicted octanol–water partition coefficient (Wildman–Crippen LogP) is 3.31. The van der Waals surface area contributed by atoms with Gasteiger partial charge in [0.15, 0.2) is 0 Å². The third kappa shape index (κ3) is 2.43. The molecule has 0 aliphatic rings. The number of aromatic nitrogens is 2. The summed E-state index contributed by atoms with van der Waals surface area (Å²) in [5.41, 5.74) is 2.87. The van der Waals surface area contributed by atoms with Crippen LogP contribution in [0.25, 0.3) is 0 Å². The summed E-state index contributed by atoms with van der Waals surface area (Å²) in [4.78, 5) is 0. The van der Waals surface area contributed by atoms with Gasteiger partial charge >= 0.3 is 0 Å². The largest absolute Gasteiger partial charge is 0.495 e. The third-order valence-electron chi connectivity index (χ3n) is 3.07. The lowest BCUT2D eigenvalue weighted by Gasteiger charge is -2.13. The van der Waals surface area contributed by atoms with Crippen molar-refractivity contribution in [3.8, 4) is 11.8 Å². The molecule has 2 aromatic rings. The number of nitrogens with zero attached hydrogens (tertiary/aromatic N) is 3. The molecule has 0 aliphatic carbocycles. The van der Waals surface area contributed by atoms with Crippen molar-refractivity contribution in [1.29, 1.82) is 5.26 Å². The summed E-state index contributed by atoms with van der Waals surface area (Å²) in [5.74, 6) is 1.24. The van der Waals surface area contributed by atoms with E-state index < -0.39 is 0 Å². The quantitative estimate of drug-likeness (QED) is 0.942. The van der Waals surface area contributed by atoms with E-state index >= 15 is 0 Å². The molecule has 20 heavy (non-hydrogen) atoms. The maximum Gasteiger partial charge on any atom is 0.146 e. The van der Waals surface area contributed by atoms with Crippen LogP contribution < -0.4 is 10.1 Å². The van der Waals surface area contributed by atoms with Gasteiger partial charge in [-0.3, -0.25) is 4.68 Å². The molecule has 1 aromatic heterocycles. The molecular formula is C14H15ClN4O. The minimum atomic E-state index is 0.516. The van der Waals surface area contributed by atoms with Crippen molar-refractivity contribution >= 4 is 23.1 Å². The Morgan fingerprint density at radius 2 is 2.10 bits per heavy atom. The van der Waals surface area contributed by atoms with Crippen LogP contribution in [-0.4, -0.2) is 16.9 Å². The fourth-order valence-corrected chi connectivity index (χ4v) is 2.15. The van der Waals surface area contributed by atoms with Gasteiger partial charge in [-0.15, -0.1) is 0 Å². The molecule has 0 bridgehead atoms. The fraction of sp³-hybridized carbons (Fsp3) is 0.286. The van der Waals surface area contributed by atoms with Crippen LogP contribution >= 0.6 is 11.6 Å². The predicted molar refractivity (Wildman–Crippen MR) is 78.7 cm³/mol. The SMILES string of the molecule is COc1cc(Cl)c(C)cc1Nc1c(C#N)c(C)nn1C. The van der Waals surface area contributed by atoms with Gasteiger partial charge in [0.2, 0.25) is 0 Å². The molecule has 0 fully saturated rings. The molecule has 104 valence electrons.